The number of carbonyl (C=O) groups excluding carboxylic acids is 2. The van der Waals surface area contributed by atoms with E-state index in [1.807, 2.05) is 19.1 Å². The number of ether oxygens (including phenoxy) is 2. The molecule has 0 radical (unpaired) electrons. The lowest BCUT2D eigenvalue weighted by Gasteiger charge is -2.15. The number of urea groups is 1. The number of benzene rings is 1. The van der Waals surface area contributed by atoms with Gasteiger partial charge in [-0.25, -0.2) is 9.78 Å². The molecule has 0 bridgehead atoms. The minimum atomic E-state index is -0.450. The second-order valence-electron chi connectivity index (χ2n) is 8.08. The van der Waals surface area contributed by atoms with Crippen molar-refractivity contribution in [2.45, 2.75) is 13.3 Å². The second-order valence-corrected chi connectivity index (χ2v) is 8.08. The number of hydrogen-bond acceptors (Lipinski definition) is 7. The molecule has 0 aliphatic carbocycles. The van der Waals surface area contributed by atoms with Gasteiger partial charge >= 0.3 is 6.03 Å². The zero-order chi connectivity index (χ0) is 24.1. The predicted octanol–water partition coefficient (Wildman–Crippen LogP) is 3.36. The summed E-state index contributed by atoms with van der Waals surface area (Å²) in [6.45, 7) is 2.98. The number of methoxy groups -OCH3 is 1. The molecule has 1 aromatic carbocycles. The molecule has 10 nitrogen and oxygen atoms in total. The zero-order valence-corrected chi connectivity index (χ0v) is 19.2. The van der Waals surface area contributed by atoms with Crippen LogP contribution in [0.1, 0.15) is 12.1 Å². The van der Waals surface area contributed by atoms with Gasteiger partial charge in [0.05, 0.1) is 43.7 Å². The topological polar surface area (TPSA) is 119 Å². The molecule has 2 N–H and O–H groups in total. The molecule has 1 unspecified atom stereocenters. The van der Waals surface area contributed by atoms with Crippen molar-refractivity contribution in [3.05, 3.63) is 54.6 Å². The first kappa shape index (κ1) is 23.0. The molecule has 3 aromatic rings. The molecule has 10 heteroatoms. The highest BCUT2D eigenvalue weighted by molar-refractivity contribution is 5.99. The van der Waals surface area contributed by atoms with Crippen LogP contribution in [-0.4, -0.2) is 59.1 Å². The van der Waals surface area contributed by atoms with Crippen LogP contribution in [0.25, 0.3) is 11.3 Å². The molecule has 1 aliphatic heterocycles. The van der Waals surface area contributed by atoms with Crippen LogP contribution in [0.15, 0.2) is 48.9 Å². The Balaban J connectivity index is 1.42. The molecule has 3 heterocycles. The van der Waals surface area contributed by atoms with Crippen molar-refractivity contribution < 1.29 is 19.1 Å². The zero-order valence-electron chi connectivity index (χ0n) is 19.2. The van der Waals surface area contributed by atoms with Gasteiger partial charge in [0.1, 0.15) is 0 Å². The van der Waals surface area contributed by atoms with Gasteiger partial charge in [-0.3, -0.25) is 20.1 Å². The van der Waals surface area contributed by atoms with E-state index in [0.717, 1.165) is 11.3 Å². The fourth-order valence-electron chi connectivity index (χ4n) is 3.61. The van der Waals surface area contributed by atoms with Crippen molar-refractivity contribution in [3.8, 4) is 22.8 Å². The van der Waals surface area contributed by atoms with Gasteiger partial charge in [-0.1, -0.05) is 0 Å². The molecule has 1 saturated heterocycles. The van der Waals surface area contributed by atoms with E-state index in [0.29, 0.717) is 48.3 Å². The van der Waals surface area contributed by atoms with Crippen molar-refractivity contribution >= 4 is 23.4 Å². The summed E-state index contributed by atoms with van der Waals surface area (Å²) in [5.74, 6) is 1.70. The SMILES string of the molecule is COc1cc(-c2cncc(NC(=O)Nc3ccc(C)nc3)n2)ccc1OCC1CC(=O)N(C)C1. The average Bonchev–Trinajstić information content (AvgIpc) is 3.16. The Hall–Kier alpha value is -4.21. The van der Waals surface area contributed by atoms with E-state index in [1.165, 1.54) is 6.20 Å². The summed E-state index contributed by atoms with van der Waals surface area (Å²) in [4.78, 5) is 38.6. The molecule has 1 fully saturated rings. The number of aromatic nitrogens is 3. The van der Waals surface area contributed by atoms with Crippen LogP contribution >= 0.6 is 0 Å². The van der Waals surface area contributed by atoms with Crippen molar-refractivity contribution in [3.63, 3.8) is 0 Å². The fraction of sp³-hybridized carbons (Fsp3) is 0.292. The van der Waals surface area contributed by atoms with Crippen LogP contribution in [0.5, 0.6) is 11.5 Å². The first-order valence-corrected chi connectivity index (χ1v) is 10.8. The maximum atomic E-state index is 12.3. The van der Waals surface area contributed by atoms with Crippen molar-refractivity contribution in [2.24, 2.45) is 5.92 Å². The second kappa shape index (κ2) is 10.2. The lowest BCUT2D eigenvalue weighted by Crippen LogP contribution is -2.20. The standard InChI is InChI=1S/C24H26N6O4/c1-15-4-6-18(10-26-15)27-24(32)29-22-12-25-11-19(28-22)17-5-7-20(21(9-17)33-3)34-14-16-8-23(31)30(2)13-16/h4-7,9-12,16H,8,13-14H2,1-3H3,(H2,27,28,29,32). The molecule has 3 amide bonds. The Morgan fingerprint density at radius 3 is 2.71 bits per heavy atom. The van der Waals surface area contributed by atoms with Gasteiger partial charge in [0.25, 0.3) is 0 Å². The van der Waals surface area contributed by atoms with Crippen LogP contribution in [0, 0.1) is 12.8 Å². The van der Waals surface area contributed by atoms with E-state index in [9.17, 15) is 9.59 Å². The molecule has 1 atom stereocenters. The summed E-state index contributed by atoms with van der Waals surface area (Å²) >= 11 is 0. The van der Waals surface area contributed by atoms with Crippen molar-refractivity contribution in [1.29, 1.82) is 0 Å². The Labute approximate surface area is 197 Å². The third-order valence-corrected chi connectivity index (χ3v) is 5.40. The highest BCUT2D eigenvalue weighted by Gasteiger charge is 2.27. The Morgan fingerprint density at radius 2 is 2.00 bits per heavy atom. The maximum Gasteiger partial charge on any atom is 0.324 e. The third-order valence-electron chi connectivity index (χ3n) is 5.40. The van der Waals surface area contributed by atoms with Crippen LogP contribution in [-0.2, 0) is 4.79 Å². The number of anilines is 2. The summed E-state index contributed by atoms with van der Waals surface area (Å²) in [5.41, 5.74) is 2.74. The number of hydrogen-bond donors (Lipinski definition) is 2. The molecule has 176 valence electrons. The normalized spacial score (nSPS) is 15.2. The molecule has 0 spiro atoms. The third kappa shape index (κ3) is 5.58. The van der Waals surface area contributed by atoms with E-state index >= 15 is 0 Å². The van der Waals surface area contributed by atoms with Crippen LogP contribution in [0.3, 0.4) is 0 Å². The van der Waals surface area contributed by atoms with Crippen LogP contribution in [0.2, 0.25) is 0 Å². The molecule has 2 aromatic heterocycles. The first-order chi connectivity index (χ1) is 16.4. The lowest BCUT2D eigenvalue weighted by atomic mass is 10.1. The van der Waals surface area contributed by atoms with Gasteiger partial charge in [0.15, 0.2) is 17.3 Å². The molecule has 0 saturated carbocycles. The number of pyridine rings is 1. The highest BCUT2D eigenvalue weighted by atomic mass is 16.5. The summed E-state index contributed by atoms with van der Waals surface area (Å²) in [7, 11) is 3.36. The van der Waals surface area contributed by atoms with E-state index < -0.39 is 6.03 Å². The van der Waals surface area contributed by atoms with Gasteiger partial charge in [0, 0.05) is 37.2 Å². The minimum absolute atomic E-state index is 0.132. The summed E-state index contributed by atoms with van der Waals surface area (Å²) < 4.78 is 11.4. The van der Waals surface area contributed by atoms with Crippen LogP contribution in [0.4, 0.5) is 16.3 Å². The summed E-state index contributed by atoms with van der Waals surface area (Å²) in [5, 5.41) is 5.38. The number of nitrogens with zero attached hydrogens (tertiary/aromatic N) is 4. The number of carbonyl (C=O) groups is 2. The smallest absolute Gasteiger partial charge is 0.324 e. The molecule has 4 rings (SSSR count). The van der Waals surface area contributed by atoms with Gasteiger partial charge in [0.2, 0.25) is 5.91 Å². The average molecular weight is 463 g/mol. The van der Waals surface area contributed by atoms with Gasteiger partial charge in [-0.2, -0.15) is 0 Å². The quantitative estimate of drug-likeness (QED) is 0.553. The van der Waals surface area contributed by atoms with E-state index in [2.05, 4.69) is 25.6 Å². The Bertz CT molecular complexity index is 1180. The fourth-order valence-corrected chi connectivity index (χ4v) is 3.61. The predicted molar refractivity (Wildman–Crippen MR) is 127 cm³/mol. The molecule has 34 heavy (non-hydrogen) atoms. The first-order valence-electron chi connectivity index (χ1n) is 10.8. The molecular formula is C24H26N6O4. The van der Waals surface area contributed by atoms with Crippen LogP contribution < -0.4 is 20.1 Å². The Kier molecular flexibility index (Phi) is 6.86. The number of rotatable bonds is 7. The van der Waals surface area contributed by atoms with Gasteiger partial charge in [-0.05, 0) is 37.3 Å². The van der Waals surface area contributed by atoms with Crippen molar-refractivity contribution in [2.75, 3.05) is 37.9 Å². The monoisotopic (exact) mass is 462 g/mol. The van der Waals surface area contributed by atoms with E-state index in [-0.39, 0.29) is 11.8 Å². The molecular weight excluding hydrogens is 436 g/mol. The highest BCUT2D eigenvalue weighted by Crippen LogP contribution is 2.33. The summed E-state index contributed by atoms with van der Waals surface area (Å²) in [6, 6.07) is 8.57. The number of aryl methyl sites for hydroxylation is 1. The Morgan fingerprint density at radius 1 is 1.15 bits per heavy atom. The minimum Gasteiger partial charge on any atom is -0.493 e. The van der Waals surface area contributed by atoms with Gasteiger partial charge in [-0.15, -0.1) is 0 Å². The number of nitrogens with one attached hydrogen (secondary N) is 2. The number of likely N-dealkylation sites (tertiary alicyclic amines) is 1. The van der Waals surface area contributed by atoms with Gasteiger partial charge < -0.3 is 19.7 Å². The maximum absolute atomic E-state index is 12.3. The van der Waals surface area contributed by atoms with E-state index in [4.69, 9.17) is 9.47 Å². The number of amides is 3. The summed E-state index contributed by atoms with van der Waals surface area (Å²) in [6.07, 6.45) is 5.13. The lowest BCUT2D eigenvalue weighted by molar-refractivity contribution is -0.126. The molecule has 1 aliphatic rings. The van der Waals surface area contributed by atoms with Crippen molar-refractivity contribution in [1.82, 2.24) is 19.9 Å². The van der Waals surface area contributed by atoms with E-state index in [1.54, 1.807) is 49.7 Å². The largest absolute Gasteiger partial charge is 0.493 e.